The molecule has 1 aliphatic rings. The third-order valence-electron chi connectivity index (χ3n) is 2.90. The van der Waals surface area contributed by atoms with Crippen LogP contribution < -0.4 is 23.2 Å². The van der Waals surface area contributed by atoms with Crippen molar-refractivity contribution in [3.63, 3.8) is 0 Å². The normalized spacial score (nSPS) is 18.7. The summed E-state index contributed by atoms with van der Waals surface area (Å²) in [6.45, 7) is 2.30. The van der Waals surface area contributed by atoms with Crippen LogP contribution in [0.3, 0.4) is 0 Å². The van der Waals surface area contributed by atoms with Gasteiger partial charge in [0.15, 0.2) is 0 Å². The largest absolute Gasteiger partial charge is 0.409 e. The SMILES string of the molecule is CC1CCc2c(cnc3scn[n+]23)C1.[O-][Cl+3]([O-])([O-])[O-]. The molecule has 0 aromatic carbocycles. The molecule has 0 bridgehead atoms. The fraction of sp³-hybridized carbons (Fsp3) is 0.500. The fourth-order valence-electron chi connectivity index (χ4n) is 2.13. The second kappa shape index (κ2) is 5.61. The predicted molar refractivity (Wildman–Crippen MR) is 54.3 cm³/mol. The molecule has 1 aliphatic carbocycles. The summed E-state index contributed by atoms with van der Waals surface area (Å²) in [5.41, 5.74) is 4.61. The average molecular weight is 306 g/mol. The molecular formula is C10H12ClN3O4S. The van der Waals surface area contributed by atoms with Gasteiger partial charge in [-0.1, -0.05) is 16.5 Å². The summed E-state index contributed by atoms with van der Waals surface area (Å²) in [5, 5.41) is 4.33. The van der Waals surface area contributed by atoms with E-state index in [0.29, 0.717) is 0 Å². The zero-order valence-electron chi connectivity index (χ0n) is 10.1. The quantitative estimate of drug-likeness (QED) is 0.469. The van der Waals surface area contributed by atoms with Crippen molar-refractivity contribution in [3.05, 3.63) is 23.0 Å². The van der Waals surface area contributed by atoms with Crippen LogP contribution >= 0.6 is 11.3 Å². The zero-order chi connectivity index (χ0) is 14.0. The molecule has 0 saturated carbocycles. The third kappa shape index (κ3) is 4.03. The molecule has 9 heteroatoms. The van der Waals surface area contributed by atoms with E-state index < -0.39 is 10.2 Å². The number of aromatic nitrogens is 3. The Hall–Kier alpha value is -0.900. The topological polar surface area (TPSA) is 122 Å². The summed E-state index contributed by atoms with van der Waals surface area (Å²) >= 11 is 1.60. The number of hydrogen-bond acceptors (Lipinski definition) is 7. The van der Waals surface area contributed by atoms with Crippen LogP contribution in [0.4, 0.5) is 0 Å². The van der Waals surface area contributed by atoms with E-state index >= 15 is 0 Å². The molecule has 2 aromatic rings. The van der Waals surface area contributed by atoms with Crippen molar-refractivity contribution in [2.75, 3.05) is 0 Å². The Kier molecular flexibility index (Phi) is 4.29. The number of rotatable bonds is 0. The van der Waals surface area contributed by atoms with Gasteiger partial charge >= 0.3 is 4.96 Å². The molecule has 0 aliphatic heterocycles. The predicted octanol–water partition coefficient (Wildman–Crippen LogP) is -3.35. The maximum Gasteiger partial charge on any atom is 0.409 e. The highest BCUT2D eigenvalue weighted by Gasteiger charge is 2.24. The molecule has 0 amide bonds. The Balaban J connectivity index is 0.000000232. The molecule has 0 fully saturated rings. The van der Waals surface area contributed by atoms with Crippen LogP contribution in [0.15, 0.2) is 11.7 Å². The molecule has 1 atom stereocenters. The molecule has 0 saturated heterocycles. The van der Waals surface area contributed by atoms with Crippen LogP contribution in [0.2, 0.25) is 0 Å². The van der Waals surface area contributed by atoms with Gasteiger partial charge in [-0.15, -0.1) is 10.2 Å². The Morgan fingerprint density at radius 1 is 1.37 bits per heavy atom. The standard InChI is InChI=1S/C10H12N3S.ClHO4/c1-7-2-3-9-8(4-7)5-11-10-13(9)12-6-14-10;2-1(3,4)5/h5-7H,2-4H2,1H3;(H,2,3,4,5)/q+1;/p-1. The Labute approximate surface area is 115 Å². The molecule has 0 N–H and O–H groups in total. The molecule has 19 heavy (non-hydrogen) atoms. The zero-order valence-corrected chi connectivity index (χ0v) is 11.7. The first kappa shape index (κ1) is 14.5. The highest BCUT2D eigenvalue weighted by Crippen LogP contribution is 2.22. The van der Waals surface area contributed by atoms with Crippen molar-refractivity contribution < 1.29 is 33.4 Å². The lowest BCUT2D eigenvalue weighted by Gasteiger charge is -2.17. The lowest BCUT2D eigenvalue weighted by Crippen LogP contribution is -2.68. The van der Waals surface area contributed by atoms with Crippen LogP contribution in [-0.4, -0.2) is 10.1 Å². The number of hydrogen-bond donors (Lipinski definition) is 0. The Morgan fingerprint density at radius 2 is 2.05 bits per heavy atom. The maximum absolute atomic E-state index is 8.49. The van der Waals surface area contributed by atoms with Crippen molar-refractivity contribution >= 4 is 16.3 Å². The van der Waals surface area contributed by atoms with E-state index in [4.69, 9.17) is 18.6 Å². The molecular weight excluding hydrogens is 294 g/mol. The number of fused-ring (bicyclic) bond motifs is 3. The lowest BCUT2D eigenvalue weighted by molar-refractivity contribution is -2.00. The first-order valence-corrected chi connectivity index (χ1v) is 7.70. The first-order chi connectivity index (χ1) is 8.84. The van der Waals surface area contributed by atoms with Gasteiger partial charge in [0.2, 0.25) is 0 Å². The summed E-state index contributed by atoms with van der Waals surface area (Å²) < 4.78 is 36.0. The van der Waals surface area contributed by atoms with Crippen molar-refractivity contribution in [2.24, 2.45) is 5.92 Å². The second-order valence-electron chi connectivity index (χ2n) is 4.39. The van der Waals surface area contributed by atoms with E-state index in [0.717, 1.165) is 23.7 Å². The van der Waals surface area contributed by atoms with E-state index in [2.05, 4.69) is 17.0 Å². The molecule has 7 nitrogen and oxygen atoms in total. The van der Waals surface area contributed by atoms with Crippen LogP contribution in [-0.2, 0) is 12.8 Å². The van der Waals surface area contributed by atoms with Crippen LogP contribution in [0, 0.1) is 16.2 Å². The van der Waals surface area contributed by atoms with Gasteiger partial charge in [-0.25, -0.2) is 18.6 Å². The van der Waals surface area contributed by atoms with Gasteiger partial charge in [-0.05, 0) is 35.1 Å². The van der Waals surface area contributed by atoms with Crippen molar-refractivity contribution in [2.45, 2.75) is 26.2 Å². The van der Waals surface area contributed by atoms with Crippen LogP contribution in [0.25, 0.3) is 4.96 Å². The average Bonchev–Trinajstić information content (AvgIpc) is 2.74. The smallest absolute Gasteiger partial charge is 0.222 e. The number of aryl methyl sites for hydroxylation is 1. The Bertz CT molecular complexity index is 565. The van der Waals surface area contributed by atoms with E-state index in [1.165, 1.54) is 17.7 Å². The monoisotopic (exact) mass is 305 g/mol. The van der Waals surface area contributed by atoms with Crippen LogP contribution in [0.1, 0.15) is 24.6 Å². The minimum atomic E-state index is -4.94. The summed E-state index contributed by atoms with van der Waals surface area (Å²) in [6, 6.07) is 0. The minimum absolute atomic E-state index is 0.793. The van der Waals surface area contributed by atoms with Gasteiger partial charge in [0.1, 0.15) is 17.4 Å². The maximum atomic E-state index is 8.49. The summed E-state index contributed by atoms with van der Waals surface area (Å²) in [6.07, 6.45) is 5.60. The van der Waals surface area contributed by atoms with E-state index in [9.17, 15) is 0 Å². The number of nitrogens with zero attached hydrogens (tertiary/aromatic N) is 3. The van der Waals surface area contributed by atoms with Crippen LogP contribution in [0.5, 0.6) is 0 Å². The molecule has 0 spiro atoms. The van der Waals surface area contributed by atoms with Crippen molar-refractivity contribution in [1.29, 1.82) is 0 Å². The van der Waals surface area contributed by atoms with Gasteiger partial charge in [0.25, 0.3) is 0 Å². The molecule has 2 aromatic heterocycles. The fourth-order valence-corrected chi connectivity index (χ4v) is 2.74. The van der Waals surface area contributed by atoms with Gasteiger partial charge in [0.05, 0.1) is 0 Å². The van der Waals surface area contributed by atoms with Gasteiger partial charge in [0, 0.05) is 12.0 Å². The molecule has 0 radical (unpaired) electrons. The summed E-state index contributed by atoms with van der Waals surface area (Å²) in [4.78, 5) is 5.42. The summed E-state index contributed by atoms with van der Waals surface area (Å²) in [7, 11) is -4.94. The summed E-state index contributed by atoms with van der Waals surface area (Å²) in [5.74, 6) is 0.793. The van der Waals surface area contributed by atoms with E-state index in [1.807, 2.05) is 16.2 Å². The van der Waals surface area contributed by atoms with Crippen molar-refractivity contribution in [3.8, 4) is 0 Å². The highest BCUT2D eigenvalue weighted by atomic mass is 35.7. The Morgan fingerprint density at radius 3 is 2.74 bits per heavy atom. The number of halogens is 1. The molecule has 104 valence electrons. The van der Waals surface area contributed by atoms with Gasteiger partial charge in [-0.3, -0.25) is 0 Å². The molecule has 1 unspecified atom stereocenters. The minimum Gasteiger partial charge on any atom is -0.222 e. The third-order valence-corrected chi connectivity index (χ3v) is 3.59. The van der Waals surface area contributed by atoms with Gasteiger partial charge < -0.3 is 0 Å². The van der Waals surface area contributed by atoms with E-state index in [-0.39, 0.29) is 0 Å². The van der Waals surface area contributed by atoms with E-state index in [1.54, 1.807) is 11.3 Å². The molecule has 3 rings (SSSR count). The van der Waals surface area contributed by atoms with Gasteiger partial charge in [-0.2, -0.15) is 0 Å². The lowest BCUT2D eigenvalue weighted by atomic mass is 9.89. The van der Waals surface area contributed by atoms with Crippen molar-refractivity contribution in [1.82, 2.24) is 10.1 Å². The first-order valence-electron chi connectivity index (χ1n) is 5.58. The second-order valence-corrected chi connectivity index (χ2v) is 5.96. The highest BCUT2D eigenvalue weighted by molar-refractivity contribution is 7.14. The molecule has 2 heterocycles.